The van der Waals surface area contributed by atoms with Crippen LogP contribution in [0.3, 0.4) is 0 Å². The minimum absolute atomic E-state index is 0.00172. The molecule has 0 radical (unpaired) electrons. The highest BCUT2D eigenvalue weighted by Gasteiger charge is 2.21. The SMILES string of the molecule is CCC(C)(C)N(C)Cc1ccc(F)c(C#CCCO)c1. The third kappa shape index (κ3) is 4.63. The Balaban J connectivity index is 2.88. The molecule has 0 aliphatic heterocycles. The van der Waals surface area contributed by atoms with Crippen LogP contribution >= 0.6 is 0 Å². The third-order valence-electron chi connectivity index (χ3n) is 3.81. The van der Waals surface area contributed by atoms with Crippen molar-refractivity contribution < 1.29 is 9.50 Å². The van der Waals surface area contributed by atoms with Gasteiger partial charge in [-0.2, -0.15) is 0 Å². The van der Waals surface area contributed by atoms with Crippen molar-refractivity contribution in [3.8, 4) is 11.8 Å². The molecule has 0 amide bonds. The Morgan fingerprint density at radius 2 is 2.05 bits per heavy atom. The molecule has 110 valence electrons. The first-order valence-electron chi connectivity index (χ1n) is 7.00. The zero-order chi connectivity index (χ0) is 15.2. The quantitative estimate of drug-likeness (QED) is 0.836. The first-order valence-corrected chi connectivity index (χ1v) is 7.00. The lowest BCUT2D eigenvalue weighted by Crippen LogP contribution is -2.39. The first kappa shape index (κ1) is 16.7. The van der Waals surface area contributed by atoms with Gasteiger partial charge in [-0.25, -0.2) is 4.39 Å². The maximum atomic E-state index is 13.7. The number of nitrogens with zero attached hydrogens (tertiary/aromatic N) is 1. The van der Waals surface area contributed by atoms with E-state index in [9.17, 15) is 4.39 Å². The van der Waals surface area contributed by atoms with Crippen molar-refractivity contribution in [3.05, 3.63) is 35.1 Å². The Kier molecular flexibility index (Phi) is 6.19. The average Bonchev–Trinajstić information content (AvgIpc) is 2.42. The predicted molar refractivity (Wildman–Crippen MR) is 80.8 cm³/mol. The van der Waals surface area contributed by atoms with Gasteiger partial charge in [0.2, 0.25) is 0 Å². The van der Waals surface area contributed by atoms with Gasteiger partial charge in [0.25, 0.3) is 0 Å². The van der Waals surface area contributed by atoms with Gasteiger partial charge in [-0.05, 0) is 45.0 Å². The lowest BCUT2D eigenvalue weighted by atomic mass is 9.99. The van der Waals surface area contributed by atoms with E-state index < -0.39 is 0 Å². The van der Waals surface area contributed by atoms with Crippen LogP contribution in [0.1, 0.15) is 44.7 Å². The lowest BCUT2D eigenvalue weighted by Gasteiger charge is -2.34. The largest absolute Gasteiger partial charge is 0.395 e. The van der Waals surface area contributed by atoms with E-state index in [-0.39, 0.29) is 18.0 Å². The van der Waals surface area contributed by atoms with Gasteiger partial charge in [-0.1, -0.05) is 24.8 Å². The standard InChI is InChI=1S/C17H24FNO/c1-5-17(2,3)19(4)13-14-9-10-16(18)15(12-14)8-6-7-11-20/h9-10,12,20H,5,7,11,13H2,1-4H3. The van der Waals surface area contributed by atoms with E-state index in [4.69, 9.17) is 5.11 Å². The van der Waals surface area contributed by atoms with Crippen molar-refractivity contribution in [2.24, 2.45) is 0 Å². The maximum absolute atomic E-state index is 13.7. The highest BCUT2D eigenvalue weighted by Crippen LogP contribution is 2.20. The number of hydrogen-bond donors (Lipinski definition) is 1. The zero-order valence-electron chi connectivity index (χ0n) is 12.8. The van der Waals surface area contributed by atoms with Crippen LogP contribution < -0.4 is 0 Å². The minimum Gasteiger partial charge on any atom is -0.395 e. The van der Waals surface area contributed by atoms with Crippen molar-refractivity contribution in [2.75, 3.05) is 13.7 Å². The summed E-state index contributed by atoms with van der Waals surface area (Å²) in [6, 6.07) is 5.06. The van der Waals surface area contributed by atoms with E-state index in [2.05, 4.69) is 44.6 Å². The van der Waals surface area contributed by atoms with E-state index in [1.807, 2.05) is 0 Å². The van der Waals surface area contributed by atoms with Gasteiger partial charge in [-0.3, -0.25) is 4.90 Å². The molecule has 0 saturated carbocycles. The van der Waals surface area contributed by atoms with Crippen LogP contribution in [0.5, 0.6) is 0 Å². The summed E-state index contributed by atoms with van der Waals surface area (Å²) >= 11 is 0. The number of aliphatic hydroxyl groups is 1. The minimum atomic E-state index is -0.309. The average molecular weight is 277 g/mol. The maximum Gasteiger partial charge on any atom is 0.138 e. The van der Waals surface area contributed by atoms with Gasteiger partial charge in [-0.15, -0.1) is 0 Å². The van der Waals surface area contributed by atoms with Crippen LogP contribution in [0.2, 0.25) is 0 Å². The number of benzene rings is 1. The Labute approximate surface area is 121 Å². The van der Waals surface area contributed by atoms with Crippen LogP contribution in [0.15, 0.2) is 18.2 Å². The van der Waals surface area contributed by atoms with Crippen LogP contribution in [0.25, 0.3) is 0 Å². The summed E-state index contributed by atoms with van der Waals surface area (Å²) in [7, 11) is 2.07. The van der Waals surface area contributed by atoms with Gasteiger partial charge in [0.15, 0.2) is 0 Å². The Bertz CT molecular complexity index is 499. The lowest BCUT2D eigenvalue weighted by molar-refractivity contribution is 0.143. The molecule has 0 spiro atoms. The van der Waals surface area contributed by atoms with Gasteiger partial charge >= 0.3 is 0 Å². The van der Waals surface area contributed by atoms with Crippen LogP contribution in [0.4, 0.5) is 4.39 Å². The summed E-state index contributed by atoms with van der Waals surface area (Å²) in [5, 5.41) is 8.70. The molecular formula is C17H24FNO. The number of rotatable bonds is 5. The molecule has 1 rings (SSSR count). The molecule has 2 nitrogen and oxygen atoms in total. The van der Waals surface area contributed by atoms with Crippen molar-refractivity contribution in [1.29, 1.82) is 0 Å². The summed E-state index contributed by atoms with van der Waals surface area (Å²) in [6.45, 7) is 7.31. The molecule has 3 heteroatoms. The normalized spacial score (nSPS) is 11.3. The van der Waals surface area contributed by atoms with Crippen molar-refractivity contribution in [2.45, 2.75) is 45.7 Å². The Hall–Kier alpha value is -1.37. The molecule has 0 unspecified atom stereocenters. The Morgan fingerprint density at radius 3 is 2.65 bits per heavy atom. The summed E-state index contributed by atoms with van der Waals surface area (Å²) in [5.74, 6) is 5.23. The van der Waals surface area contributed by atoms with Gasteiger partial charge in [0, 0.05) is 18.5 Å². The molecule has 0 atom stereocenters. The molecule has 0 bridgehead atoms. The van der Waals surface area contributed by atoms with E-state index in [1.165, 1.54) is 6.07 Å². The van der Waals surface area contributed by atoms with E-state index in [0.717, 1.165) is 18.5 Å². The molecule has 0 aromatic heterocycles. The fourth-order valence-corrected chi connectivity index (χ4v) is 1.74. The van der Waals surface area contributed by atoms with E-state index in [1.54, 1.807) is 12.1 Å². The summed E-state index contributed by atoms with van der Waals surface area (Å²) in [4.78, 5) is 2.26. The third-order valence-corrected chi connectivity index (χ3v) is 3.81. The molecule has 1 aromatic carbocycles. The molecule has 1 aromatic rings. The van der Waals surface area contributed by atoms with Gasteiger partial charge in [0.05, 0.1) is 12.2 Å². The molecule has 0 aliphatic rings. The second-order valence-corrected chi connectivity index (χ2v) is 5.61. The van der Waals surface area contributed by atoms with Crippen molar-refractivity contribution in [3.63, 3.8) is 0 Å². The molecule has 0 fully saturated rings. The van der Waals surface area contributed by atoms with Crippen LogP contribution in [0, 0.1) is 17.7 Å². The topological polar surface area (TPSA) is 23.5 Å². The van der Waals surface area contributed by atoms with Gasteiger partial charge < -0.3 is 5.11 Å². The molecule has 0 saturated heterocycles. The predicted octanol–water partition coefficient (Wildman–Crippen LogP) is 3.18. The van der Waals surface area contributed by atoms with E-state index >= 15 is 0 Å². The molecule has 1 N–H and O–H groups in total. The zero-order valence-corrected chi connectivity index (χ0v) is 12.8. The molecular weight excluding hydrogens is 253 g/mol. The van der Waals surface area contributed by atoms with Crippen LogP contribution in [-0.2, 0) is 6.54 Å². The summed E-state index contributed by atoms with van der Waals surface area (Å²) in [5.41, 5.74) is 1.55. The highest BCUT2D eigenvalue weighted by molar-refractivity contribution is 5.38. The second kappa shape index (κ2) is 7.42. The number of hydrogen-bond acceptors (Lipinski definition) is 2. The van der Waals surface area contributed by atoms with Crippen LogP contribution in [-0.4, -0.2) is 29.2 Å². The summed E-state index contributed by atoms with van der Waals surface area (Å²) in [6.07, 6.45) is 1.42. The smallest absolute Gasteiger partial charge is 0.138 e. The monoisotopic (exact) mass is 277 g/mol. The molecule has 20 heavy (non-hydrogen) atoms. The molecule has 0 aliphatic carbocycles. The van der Waals surface area contributed by atoms with Crippen molar-refractivity contribution >= 4 is 0 Å². The number of halogens is 1. The van der Waals surface area contributed by atoms with Crippen molar-refractivity contribution in [1.82, 2.24) is 4.90 Å². The first-order chi connectivity index (χ1) is 9.40. The van der Waals surface area contributed by atoms with Gasteiger partial charge in [0.1, 0.15) is 5.82 Å². The fourth-order valence-electron chi connectivity index (χ4n) is 1.74. The fraction of sp³-hybridized carbons (Fsp3) is 0.529. The summed E-state index contributed by atoms with van der Waals surface area (Å²) < 4.78 is 13.7. The molecule has 0 heterocycles. The highest BCUT2D eigenvalue weighted by atomic mass is 19.1. The second-order valence-electron chi connectivity index (χ2n) is 5.61. The van der Waals surface area contributed by atoms with E-state index in [0.29, 0.717) is 12.0 Å². The number of aliphatic hydroxyl groups excluding tert-OH is 1. The Morgan fingerprint density at radius 1 is 1.35 bits per heavy atom.